The molecule has 4 atom stereocenters. The van der Waals surface area contributed by atoms with Gasteiger partial charge in [0.25, 0.3) is 0 Å². The zero-order chi connectivity index (χ0) is 24.9. The molecule has 2 aromatic rings. The molecule has 2 aliphatic carbocycles. The van der Waals surface area contributed by atoms with Crippen LogP contribution in [0.2, 0.25) is 0 Å². The zero-order valence-corrected chi connectivity index (χ0v) is 19.8. The summed E-state index contributed by atoms with van der Waals surface area (Å²) in [4.78, 5) is 35.8. The Morgan fingerprint density at radius 3 is 2.20 bits per heavy atom. The lowest BCUT2D eigenvalue weighted by Crippen LogP contribution is -2.47. The number of amides is 2. The summed E-state index contributed by atoms with van der Waals surface area (Å²) in [6, 6.07) is 15.1. The summed E-state index contributed by atoms with van der Waals surface area (Å²) >= 11 is 0. The van der Waals surface area contributed by atoms with Crippen molar-refractivity contribution in [2.75, 3.05) is 13.2 Å². The Hall–Kier alpha value is -3.39. The number of benzene rings is 2. The lowest BCUT2D eigenvalue weighted by Gasteiger charge is -2.18. The average molecular weight is 481 g/mol. The van der Waals surface area contributed by atoms with E-state index in [9.17, 15) is 19.5 Å². The zero-order valence-electron chi connectivity index (χ0n) is 19.8. The van der Waals surface area contributed by atoms with Crippen molar-refractivity contribution in [1.82, 2.24) is 10.6 Å². The maximum atomic E-state index is 12.4. The Labute approximate surface area is 204 Å². The van der Waals surface area contributed by atoms with Gasteiger partial charge in [0, 0.05) is 18.9 Å². The highest BCUT2D eigenvalue weighted by atomic mass is 16.5. The maximum Gasteiger partial charge on any atom is 0.407 e. The number of aliphatic hydroxyl groups is 1. The van der Waals surface area contributed by atoms with Crippen molar-refractivity contribution >= 4 is 18.0 Å². The molecule has 4 rings (SSSR count). The number of alkyl carbamates (subject to hydrolysis) is 1. The minimum Gasteiger partial charge on any atom is -0.480 e. The van der Waals surface area contributed by atoms with Gasteiger partial charge in [-0.25, -0.2) is 9.59 Å². The van der Waals surface area contributed by atoms with Crippen LogP contribution in [0.5, 0.6) is 0 Å². The Morgan fingerprint density at radius 2 is 1.60 bits per heavy atom. The molecular formula is C27H32N2O6. The van der Waals surface area contributed by atoms with E-state index in [1.54, 1.807) is 0 Å². The van der Waals surface area contributed by atoms with Gasteiger partial charge in [0.15, 0.2) is 6.04 Å². The van der Waals surface area contributed by atoms with E-state index < -0.39 is 24.2 Å². The highest BCUT2D eigenvalue weighted by Crippen LogP contribution is 2.44. The molecule has 0 bridgehead atoms. The summed E-state index contributed by atoms with van der Waals surface area (Å²) in [5.41, 5.74) is 4.70. The van der Waals surface area contributed by atoms with E-state index >= 15 is 0 Å². The van der Waals surface area contributed by atoms with Crippen LogP contribution in [-0.4, -0.2) is 53.5 Å². The first-order valence-electron chi connectivity index (χ1n) is 12.1. The predicted molar refractivity (Wildman–Crippen MR) is 130 cm³/mol. The summed E-state index contributed by atoms with van der Waals surface area (Å²) in [7, 11) is 0. The Bertz CT molecular complexity index is 1040. The number of hydrogen-bond acceptors (Lipinski definition) is 5. The number of aliphatic carboxylic acids is 1. The first-order chi connectivity index (χ1) is 16.8. The molecule has 1 saturated carbocycles. The number of nitrogens with one attached hydrogen (secondary N) is 2. The van der Waals surface area contributed by atoms with Gasteiger partial charge in [-0.1, -0.05) is 48.5 Å². The molecule has 2 unspecified atom stereocenters. The van der Waals surface area contributed by atoms with E-state index in [1.807, 2.05) is 24.3 Å². The van der Waals surface area contributed by atoms with E-state index in [4.69, 9.17) is 9.84 Å². The van der Waals surface area contributed by atoms with Crippen LogP contribution in [0.1, 0.15) is 49.7 Å². The average Bonchev–Trinajstić information content (AvgIpc) is 3.41. The third-order valence-corrected chi connectivity index (χ3v) is 7.07. The molecule has 1 fully saturated rings. The number of aliphatic hydroxyl groups excluding tert-OH is 1. The Morgan fingerprint density at radius 1 is 1.00 bits per heavy atom. The summed E-state index contributed by atoms with van der Waals surface area (Å²) < 4.78 is 5.59. The second kappa shape index (κ2) is 10.9. The number of rotatable bonds is 9. The van der Waals surface area contributed by atoms with Gasteiger partial charge in [0.1, 0.15) is 6.61 Å². The number of carboxylic acids is 1. The Balaban J connectivity index is 1.21. The lowest BCUT2D eigenvalue weighted by molar-refractivity contribution is -0.144. The van der Waals surface area contributed by atoms with Gasteiger partial charge in [-0.3, -0.25) is 4.79 Å². The molecule has 8 heteroatoms. The highest BCUT2D eigenvalue weighted by Gasteiger charge is 2.31. The molecule has 0 aliphatic heterocycles. The van der Waals surface area contributed by atoms with Crippen LogP contribution in [0, 0.1) is 11.8 Å². The largest absolute Gasteiger partial charge is 0.480 e. The third kappa shape index (κ3) is 5.82. The number of carbonyl (C=O) groups is 3. The van der Waals surface area contributed by atoms with Crippen LogP contribution >= 0.6 is 0 Å². The van der Waals surface area contributed by atoms with Crippen molar-refractivity contribution in [3.8, 4) is 11.1 Å². The molecule has 0 aromatic heterocycles. The van der Waals surface area contributed by atoms with E-state index in [2.05, 4.69) is 34.9 Å². The molecule has 0 heterocycles. The van der Waals surface area contributed by atoms with E-state index in [0.717, 1.165) is 19.3 Å². The normalized spacial score (nSPS) is 20.4. The third-order valence-electron chi connectivity index (χ3n) is 7.07. The quantitative estimate of drug-likeness (QED) is 0.437. The smallest absolute Gasteiger partial charge is 0.407 e. The van der Waals surface area contributed by atoms with Gasteiger partial charge < -0.3 is 25.6 Å². The van der Waals surface area contributed by atoms with Crippen molar-refractivity contribution in [3.63, 3.8) is 0 Å². The SMILES string of the molecule is C[C@@H](O)[C@H](NC(=O)CC1CCC(CNC(=O)OCC2c3ccccc3-c3ccccc32)C1)C(=O)O. The van der Waals surface area contributed by atoms with Crippen LogP contribution in [0.3, 0.4) is 0 Å². The van der Waals surface area contributed by atoms with E-state index in [-0.39, 0.29) is 36.7 Å². The number of hydrogen-bond donors (Lipinski definition) is 4. The van der Waals surface area contributed by atoms with Gasteiger partial charge >= 0.3 is 12.1 Å². The number of fused-ring (bicyclic) bond motifs is 3. The van der Waals surface area contributed by atoms with Crippen LogP contribution in [0.15, 0.2) is 48.5 Å². The van der Waals surface area contributed by atoms with Gasteiger partial charge in [0.05, 0.1) is 6.10 Å². The second-order valence-electron chi connectivity index (χ2n) is 9.58. The number of ether oxygens (including phenoxy) is 1. The molecule has 2 amide bonds. The van der Waals surface area contributed by atoms with Crippen molar-refractivity contribution in [2.45, 2.75) is 50.7 Å². The molecule has 2 aromatic carbocycles. The number of carbonyl (C=O) groups excluding carboxylic acids is 2. The standard InChI is InChI=1S/C27H32N2O6/c1-16(30)25(26(32)33)29-24(31)13-17-10-11-18(12-17)14-28-27(34)35-15-23-21-8-4-2-6-19(21)20-7-3-5-9-22(20)23/h2-9,16-18,23,25,30H,10-15H2,1H3,(H,28,34)(H,29,31)(H,32,33)/t16-,17?,18?,25+/m1/s1. The van der Waals surface area contributed by atoms with Crippen molar-refractivity contribution in [2.24, 2.45) is 11.8 Å². The fraction of sp³-hybridized carbons (Fsp3) is 0.444. The van der Waals surface area contributed by atoms with Crippen molar-refractivity contribution < 1.29 is 29.3 Å². The predicted octanol–water partition coefficient (Wildman–Crippen LogP) is 3.28. The summed E-state index contributed by atoms with van der Waals surface area (Å²) in [6.07, 6.45) is 1.06. The van der Waals surface area contributed by atoms with E-state index in [1.165, 1.54) is 29.2 Å². The molecule has 0 spiro atoms. The highest BCUT2D eigenvalue weighted by molar-refractivity contribution is 5.84. The second-order valence-corrected chi connectivity index (χ2v) is 9.58. The van der Waals surface area contributed by atoms with Crippen LogP contribution < -0.4 is 10.6 Å². The fourth-order valence-corrected chi connectivity index (χ4v) is 5.31. The van der Waals surface area contributed by atoms with Crippen LogP contribution in [0.25, 0.3) is 11.1 Å². The minimum atomic E-state index is -1.31. The monoisotopic (exact) mass is 480 g/mol. The summed E-state index contributed by atoms with van der Waals surface area (Å²) in [6.45, 7) is 2.07. The molecule has 0 radical (unpaired) electrons. The fourth-order valence-electron chi connectivity index (χ4n) is 5.31. The van der Waals surface area contributed by atoms with Gasteiger partial charge in [0.2, 0.25) is 5.91 Å². The first-order valence-corrected chi connectivity index (χ1v) is 12.1. The minimum absolute atomic E-state index is 0.0128. The molecule has 8 nitrogen and oxygen atoms in total. The molecule has 4 N–H and O–H groups in total. The Kier molecular flexibility index (Phi) is 7.70. The van der Waals surface area contributed by atoms with Crippen molar-refractivity contribution in [3.05, 3.63) is 59.7 Å². The summed E-state index contributed by atoms with van der Waals surface area (Å²) in [5, 5.41) is 23.9. The molecule has 2 aliphatic rings. The maximum absolute atomic E-state index is 12.4. The molecule has 186 valence electrons. The topological polar surface area (TPSA) is 125 Å². The molecule has 0 saturated heterocycles. The van der Waals surface area contributed by atoms with Gasteiger partial charge in [-0.05, 0) is 60.3 Å². The lowest BCUT2D eigenvalue weighted by atomic mass is 9.98. The van der Waals surface area contributed by atoms with Gasteiger partial charge in [-0.15, -0.1) is 0 Å². The van der Waals surface area contributed by atoms with Crippen LogP contribution in [0.4, 0.5) is 4.79 Å². The summed E-state index contributed by atoms with van der Waals surface area (Å²) in [5.74, 6) is -1.27. The molecular weight excluding hydrogens is 448 g/mol. The van der Waals surface area contributed by atoms with E-state index in [0.29, 0.717) is 6.54 Å². The van der Waals surface area contributed by atoms with Gasteiger partial charge in [-0.2, -0.15) is 0 Å². The first kappa shape index (κ1) is 24.7. The number of carboxylic acid groups (broad SMARTS) is 1. The van der Waals surface area contributed by atoms with Crippen LogP contribution in [-0.2, 0) is 14.3 Å². The van der Waals surface area contributed by atoms with Crippen molar-refractivity contribution in [1.29, 1.82) is 0 Å². The molecule has 35 heavy (non-hydrogen) atoms.